The molecule has 0 spiro atoms. The highest BCUT2D eigenvalue weighted by Crippen LogP contribution is 2.28. The largest absolute Gasteiger partial charge is 0.382 e. The maximum Gasteiger partial charge on any atom is 0.276 e. The molecule has 4 heterocycles. The minimum atomic E-state index is -0.396. The van der Waals surface area contributed by atoms with Gasteiger partial charge in [-0.1, -0.05) is 48.0 Å². The minimum Gasteiger partial charge on any atom is -0.382 e. The third-order valence-electron chi connectivity index (χ3n) is 5.90. The van der Waals surface area contributed by atoms with Gasteiger partial charge in [0.2, 0.25) is 0 Å². The van der Waals surface area contributed by atoms with E-state index in [0.29, 0.717) is 27.9 Å². The molecule has 9 nitrogen and oxygen atoms in total. The molecule has 0 saturated heterocycles. The van der Waals surface area contributed by atoms with Gasteiger partial charge in [0.15, 0.2) is 22.9 Å². The van der Waals surface area contributed by atoms with Crippen molar-refractivity contribution in [3.63, 3.8) is 0 Å². The summed E-state index contributed by atoms with van der Waals surface area (Å²) in [7, 11) is 0. The Morgan fingerprint density at radius 2 is 1.78 bits per heavy atom. The van der Waals surface area contributed by atoms with Gasteiger partial charge in [0.1, 0.15) is 22.7 Å². The van der Waals surface area contributed by atoms with Crippen molar-refractivity contribution in [2.45, 2.75) is 13.5 Å². The number of aryl methyl sites for hydroxylation is 1. The van der Waals surface area contributed by atoms with E-state index in [4.69, 9.17) is 5.73 Å². The van der Waals surface area contributed by atoms with Crippen molar-refractivity contribution in [3.8, 4) is 22.8 Å². The molecule has 0 fully saturated rings. The average Bonchev–Trinajstić information content (AvgIpc) is 3.24. The Balaban J connectivity index is 1.49. The van der Waals surface area contributed by atoms with Crippen LogP contribution in [0.25, 0.3) is 45.0 Å². The van der Waals surface area contributed by atoms with E-state index in [2.05, 4.69) is 30.0 Å². The van der Waals surface area contributed by atoms with Crippen molar-refractivity contribution < 1.29 is 4.39 Å². The molecule has 0 aliphatic rings. The Labute approximate surface area is 203 Å². The molecule has 0 radical (unpaired) electrons. The van der Waals surface area contributed by atoms with Crippen molar-refractivity contribution >= 4 is 28.0 Å². The number of aromatic nitrogens is 7. The molecule has 6 rings (SSSR count). The molecular weight excluding hydrogens is 459 g/mol. The molecule has 0 unspecified atom stereocenters. The Hall–Kier alpha value is -4.99. The molecule has 10 heteroatoms. The van der Waals surface area contributed by atoms with Crippen LogP contribution in [0.15, 0.2) is 71.7 Å². The van der Waals surface area contributed by atoms with Gasteiger partial charge in [0, 0.05) is 17.3 Å². The smallest absolute Gasteiger partial charge is 0.276 e. The van der Waals surface area contributed by atoms with Crippen LogP contribution in [0.5, 0.6) is 0 Å². The van der Waals surface area contributed by atoms with Gasteiger partial charge in [-0.05, 0) is 25.1 Å². The topological polar surface area (TPSA) is 128 Å². The van der Waals surface area contributed by atoms with Crippen LogP contribution in [-0.2, 0) is 6.54 Å². The number of pyridine rings is 1. The predicted molar refractivity (Wildman–Crippen MR) is 135 cm³/mol. The minimum absolute atomic E-state index is 0.0975. The zero-order chi connectivity index (χ0) is 24.8. The average molecular weight is 478 g/mol. The number of H-pyrrole nitrogens is 1. The fourth-order valence-corrected chi connectivity index (χ4v) is 4.08. The molecule has 0 atom stereocenters. The number of hydrogen-bond donors (Lipinski definition) is 2. The van der Waals surface area contributed by atoms with Crippen LogP contribution in [-0.4, -0.2) is 34.7 Å². The molecule has 0 saturated carbocycles. The molecule has 36 heavy (non-hydrogen) atoms. The Bertz CT molecular complexity index is 1830. The van der Waals surface area contributed by atoms with Gasteiger partial charge < -0.3 is 10.7 Å². The van der Waals surface area contributed by atoms with E-state index >= 15 is 0 Å². The van der Waals surface area contributed by atoms with Gasteiger partial charge in [-0.15, -0.1) is 0 Å². The molecule has 0 aliphatic carbocycles. The highest BCUT2D eigenvalue weighted by Gasteiger charge is 2.19. The zero-order valence-corrected chi connectivity index (χ0v) is 19.1. The number of nitrogen functional groups attached to an aromatic ring is 1. The van der Waals surface area contributed by atoms with E-state index in [9.17, 15) is 9.18 Å². The Morgan fingerprint density at radius 1 is 0.972 bits per heavy atom. The lowest BCUT2D eigenvalue weighted by atomic mass is 10.1. The summed E-state index contributed by atoms with van der Waals surface area (Å²) in [5.41, 5.74) is 9.73. The fourth-order valence-electron chi connectivity index (χ4n) is 4.08. The van der Waals surface area contributed by atoms with E-state index < -0.39 is 5.56 Å². The molecule has 176 valence electrons. The van der Waals surface area contributed by atoms with E-state index in [1.807, 2.05) is 37.3 Å². The van der Waals surface area contributed by atoms with Crippen molar-refractivity contribution in [1.82, 2.24) is 34.7 Å². The monoisotopic (exact) mass is 478 g/mol. The summed E-state index contributed by atoms with van der Waals surface area (Å²) in [6.07, 6.45) is 1.63. The first kappa shape index (κ1) is 21.5. The molecule has 4 aromatic heterocycles. The highest BCUT2D eigenvalue weighted by molar-refractivity contribution is 5.92. The molecule has 6 aromatic rings. The van der Waals surface area contributed by atoms with Crippen LogP contribution in [0.1, 0.15) is 11.1 Å². The number of nitrogens with two attached hydrogens (primary N) is 1. The zero-order valence-electron chi connectivity index (χ0n) is 19.1. The van der Waals surface area contributed by atoms with E-state index in [0.717, 1.165) is 5.56 Å². The van der Waals surface area contributed by atoms with Gasteiger partial charge in [-0.3, -0.25) is 4.79 Å². The maximum absolute atomic E-state index is 14.3. The number of nitrogens with one attached hydrogen (secondary N) is 1. The molecule has 0 amide bonds. The molecule has 0 aliphatic heterocycles. The number of nitrogens with zero attached hydrogens (tertiary/aromatic N) is 6. The number of hydrogen-bond acceptors (Lipinski definition) is 7. The second-order valence-corrected chi connectivity index (χ2v) is 8.38. The fraction of sp³-hybridized carbons (Fsp3) is 0.0769. The second kappa shape index (κ2) is 8.35. The van der Waals surface area contributed by atoms with E-state index in [1.54, 1.807) is 35.1 Å². The van der Waals surface area contributed by atoms with E-state index in [1.165, 1.54) is 6.07 Å². The normalized spacial score (nSPS) is 11.4. The third kappa shape index (κ3) is 3.65. The lowest BCUT2D eigenvalue weighted by Gasteiger charge is -2.06. The quantitative estimate of drug-likeness (QED) is 0.394. The van der Waals surface area contributed by atoms with Crippen LogP contribution >= 0.6 is 0 Å². The predicted octanol–water partition coefficient (Wildman–Crippen LogP) is 3.87. The molecule has 2 aromatic carbocycles. The van der Waals surface area contributed by atoms with Gasteiger partial charge >= 0.3 is 0 Å². The first-order chi connectivity index (χ1) is 17.5. The van der Waals surface area contributed by atoms with Crippen LogP contribution in [0.4, 0.5) is 10.2 Å². The summed E-state index contributed by atoms with van der Waals surface area (Å²) >= 11 is 0. The summed E-state index contributed by atoms with van der Waals surface area (Å²) in [6, 6.07) is 17.5. The first-order valence-corrected chi connectivity index (χ1v) is 11.2. The van der Waals surface area contributed by atoms with Crippen molar-refractivity contribution in [2.24, 2.45) is 0 Å². The number of fused-ring (bicyclic) bond motifs is 2. The van der Waals surface area contributed by atoms with Crippen LogP contribution in [0.3, 0.4) is 0 Å². The molecule has 0 bridgehead atoms. The lowest BCUT2D eigenvalue weighted by Crippen LogP contribution is -2.14. The lowest BCUT2D eigenvalue weighted by molar-refractivity contribution is 0.589. The Morgan fingerprint density at radius 3 is 2.58 bits per heavy atom. The summed E-state index contributed by atoms with van der Waals surface area (Å²) < 4.78 is 15.9. The summed E-state index contributed by atoms with van der Waals surface area (Å²) in [4.78, 5) is 33.5. The Kier molecular flexibility index (Phi) is 4.99. The SMILES string of the molecule is Cc1ccc(-c2nc3c(N)nc(-c4nn(Cc5ccccc5F)c5ncccc45)nc3[nH]c2=O)cc1. The van der Waals surface area contributed by atoms with Gasteiger partial charge in [0.05, 0.1) is 11.9 Å². The number of benzene rings is 2. The number of aromatic amines is 1. The van der Waals surface area contributed by atoms with Crippen LogP contribution < -0.4 is 11.3 Å². The van der Waals surface area contributed by atoms with Gasteiger partial charge in [-0.25, -0.2) is 29.0 Å². The van der Waals surface area contributed by atoms with Crippen molar-refractivity contribution in [1.29, 1.82) is 0 Å². The number of halogens is 1. The van der Waals surface area contributed by atoms with Crippen LogP contribution in [0.2, 0.25) is 0 Å². The van der Waals surface area contributed by atoms with Gasteiger partial charge in [-0.2, -0.15) is 5.10 Å². The van der Waals surface area contributed by atoms with Gasteiger partial charge in [0.25, 0.3) is 5.56 Å². The van der Waals surface area contributed by atoms with Crippen molar-refractivity contribution in [2.75, 3.05) is 5.73 Å². The number of anilines is 1. The van der Waals surface area contributed by atoms with E-state index in [-0.39, 0.29) is 40.9 Å². The molecule has 3 N–H and O–H groups in total. The second-order valence-electron chi connectivity index (χ2n) is 8.38. The summed E-state index contributed by atoms with van der Waals surface area (Å²) in [6.45, 7) is 2.13. The standard InChI is InChI=1S/C26H19FN8O/c1-14-8-10-15(11-9-14)19-26(36)33-24-21(30-19)22(28)31-23(32-24)20-17-6-4-12-29-25(17)35(34-20)13-16-5-2-3-7-18(16)27/h2-12H,13H2,1H3,(H3,28,31,32,33,36). The maximum atomic E-state index is 14.3. The molecular formula is C26H19FN8O. The summed E-state index contributed by atoms with van der Waals surface area (Å²) in [5, 5.41) is 5.30. The number of rotatable bonds is 4. The first-order valence-electron chi connectivity index (χ1n) is 11.2. The van der Waals surface area contributed by atoms with Crippen LogP contribution in [0, 0.1) is 12.7 Å². The highest BCUT2D eigenvalue weighted by atomic mass is 19.1. The summed E-state index contributed by atoms with van der Waals surface area (Å²) in [5.74, 6) is -0.0380. The van der Waals surface area contributed by atoms with Crippen molar-refractivity contribution in [3.05, 3.63) is 94.2 Å². The third-order valence-corrected chi connectivity index (χ3v) is 5.90.